The maximum atomic E-state index is 11.7. The highest BCUT2D eigenvalue weighted by atomic mass is 16.2. The van der Waals surface area contributed by atoms with Gasteiger partial charge in [0.25, 0.3) is 11.8 Å². The minimum Gasteiger partial charge on any atom is -0.269 e. The van der Waals surface area contributed by atoms with Crippen LogP contribution >= 0.6 is 0 Å². The predicted molar refractivity (Wildman–Crippen MR) is 65.6 cm³/mol. The second kappa shape index (κ2) is 4.22. The van der Waals surface area contributed by atoms with E-state index in [1.54, 1.807) is 0 Å². The molecule has 1 aliphatic rings. The van der Waals surface area contributed by atoms with E-state index in [2.05, 4.69) is 13.2 Å². The second-order valence-electron chi connectivity index (χ2n) is 3.59. The van der Waals surface area contributed by atoms with E-state index in [4.69, 9.17) is 0 Å². The Kier molecular flexibility index (Phi) is 2.75. The Labute approximate surface area is 99.4 Å². The van der Waals surface area contributed by atoms with Crippen molar-refractivity contribution in [1.29, 1.82) is 0 Å². The van der Waals surface area contributed by atoms with Crippen molar-refractivity contribution in [2.45, 2.75) is 0 Å². The van der Waals surface area contributed by atoms with Crippen LogP contribution in [-0.4, -0.2) is 16.7 Å². The highest BCUT2D eigenvalue weighted by Gasteiger charge is 2.30. The van der Waals surface area contributed by atoms with Crippen LogP contribution in [0.4, 0.5) is 0 Å². The van der Waals surface area contributed by atoms with Crippen molar-refractivity contribution in [2.75, 3.05) is 0 Å². The van der Waals surface area contributed by atoms with Gasteiger partial charge in [-0.15, -0.1) is 0 Å². The first kappa shape index (κ1) is 11.1. The highest BCUT2D eigenvalue weighted by molar-refractivity contribution is 6.16. The van der Waals surface area contributed by atoms with Gasteiger partial charge in [0.1, 0.15) is 0 Å². The number of rotatable bonds is 2. The largest absolute Gasteiger partial charge is 0.269 e. The molecule has 2 rings (SSSR count). The van der Waals surface area contributed by atoms with E-state index in [1.165, 1.54) is 6.08 Å². The van der Waals surface area contributed by atoms with Crippen LogP contribution in [-0.2, 0) is 9.59 Å². The number of carbonyl (C=O) groups is 2. The monoisotopic (exact) mass is 225 g/mol. The van der Waals surface area contributed by atoms with Crippen molar-refractivity contribution >= 4 is 17.4 Å². The van der Waals surface area contributed by atoms with Crippen LogP contribution in [0.3, 0.4) is 0 Å². The van der Waals surface area contributed by atoms with Crippen LogP contribution in [0, 0.1) is 0 Å². The molecule has 1 heterocycles. The van der Waals surface area contributed by atoms with Gasteiger partial charge in [0, 0.05) is 11.6 Å². The van der Waals surface area contributed by atoms with Crippen LogP contribution in [0.1, 0.15) is 5.56 Å². The molecule has 17 heavy (non-hydrogen) atoms. The van der Waals surface area contributed by atoms with E-state index >= 15 is 0 Å². The fourth-order valence-corrected chi connectivity index (χ4v) is 1.73. The molecule has 3 heteroatoms. The molecule has 84 valence electrons. The Hall–Kier alpha value is -2.42. The lowest BCUT2D eigenvalue weighted by Gasteiger charge is -2.14. The number of hydrogen-bond acceptors (Lipinski definition) is 2. The summed E-state index contributed by atoms with van der Waals surface area (Å²) in [5, 5.41) is 0. The average molecular weight is 225 g/mol. The zero-order chi connectivity index (χ0) is 12.4. The average Bonchev–Trinajstić information content (AvgIpc) is 2.65. The summed E-state index contributed by atoms with van der Waals surface area (Å²) in [5.74, 6) is -0.832. The van der Waals surface area contributed by atoms with Gasteiger partial charge in [-0.3, -0.25) is 9.59 Å². The SMILES string of the molecule is C=CC(=O)N1C(=C)C(c2ccccc2)=CC1=O. The molecule has 0 N–H and O–H groups in total. The van der Waals surface area contributed by atoms with Gasteiger partial charge >= 0.3 is 0 Å². The normalized spacial score (nSPS) is 14.8. The Balaban J connectivity index is 2.38. The van der Waals surface area contributed by atoms with Gasteiger partial charge in [-0.2, -0.15) is 0 Å². The van der Waals surface area contributed by atoms with Crippen molar-refractivity contribution in [3.8, 4) is 0 Å². The quantitative estimate of drug-likeness (QED) is 0.723. The van der Waals surface area contributed by atoms with Crippen molar-refractivity contribution in [2.24, 2.45) is 0 Å². The molecule has 0 spiro atoms. The summed E-state index contributed by atoms with van der Waals surface area (Å²) in [6.07, 6.45) is 2.52. The van der Waals surface area contributed by atoms with Crippen LogP contribution in [0.5, 0.6) is 0 Å². The minimum absolute atomic E-state index is 0.376. The molecule has 1 aromatic carbocycles. The van der Waals surface area contributed by atoms with Crippen LogP contribution in [0.25, 0.3) is 5.57 Å². The third-order valence-corrected chi connectivity index (χ3v) is 2.55. The number of hydrogen-bond donors (Lipinski definition) is 0. The van der Waals surface area contributed by atoms with Crippen molar-refractivity contribution in [1.82, 2.24) is 4.90 Å². The summed E-state index contributed by atoms with van der Waals surface area (Å²) in [5.41, 5.74) is 1.93. The first-order chi connectivity index (χ1) is 8.15. The predicted octanol–water partition coefficient (Wildman–Crippen LogP) is 2.14. The van der Waals surface area contributed by atoms with E-state index in [0.717, 1.165) is 16.5 Å². The van der Waals surface area contributed by atoms with Gasteiger partial charge in [0.15, 0.2) is 0 Å². The number of imide groups is 1. The standard InChI is InChI=1S/C14H11NO2/c1-3-13(16)15-10(2)12(9-14(15)17)11-7-5-4-6-8-11/h3-9H,1-2H2. The summed E-state index contributed by atoms with van der Waals surface area (Å²) in [6, 6.07) is 9.35. The molecule has 0 atom stereocenters. The summed E-state index contributed by atoms with van der Waals surface area (Å²) < 4.78 is 0. The van der Waals surface area contributed by atoms with Crippen molar-refractivity contribution in [3.63, 3.8) is 0 Å². The van der Waals surface area contributed by atoms with Gasteiger partial charge in [-0.1, -0.05) is 43.5 Å². The van der Waals surface area contributed by atoms with Crippen LogP contribution in [0.2, 0.25) is 0 Å². The smallest absolute Gasteiger partial charge is 0.258 e. The van der Waals surface area contributed by atoms with Gasteiger partial charge in [0.2, 0.25) is 0 Å². The number of nitrogens with zero attached hydrogens (tertiary/aromatic N) is 1. The van der Waals surface area contributed by atoms with E-state index in [0.29, 0.717) is 11.3 Å². The molecule has 2 amide bonds. The number of amides is 2. The number of carbonyl (C=O) groups excluding carboxylic acids is 2. The summed E-state index contributed by atoms with van der Waals surface area (Å²) in [6.45, 7) is 7.15. The fraction of sp³-hybridized carbons (Fsp3) is 0. The van der Waals surface area contributed by atoms with Crippen LogP contribution in [0.15, 0.2) is 61.3 Å². The molecule has 0 saturated heterocycles. The lowest BCUT2D eigenvalue weighted by Crippen LogP contribution is -2.29. The number of allylic oxidation sites excluding steroid dienone is 1. The zero-order valence-electron chi connectivity index (χ0n) is 9.22. The molecular weight excluding hydrogens is 214 g/mol. The first-order valence-electron chi connectivity index (χ1n) is 5.12. The summed E-state index contributed by atoms with van der Waals surface area (Å²) in [7, 11) is 0. The maximum Gasteiger partial charge on any atom is 0.258 e. The molecule has 3 nitrogen and oxygen atoms in total. The maximum absolute atomic E-state index is 11.7. The molecular formula is C14H11NO2. The Morgan fingerprint density at radius 2 is 1.88 bits per heavy atom. The van der Waals surface area contributed by atoms with E-state index < -0.39 is 5.91 Å². The lowest BCUT2D eigenvalue weighted by atomic mass is 10.1. The molecule has 0 bridgehead atoms. The Bertz CT molecular complexity index is 541. The van der Waals surface area contributed by atoms with Crippen LogP contribution < -0.4 is 0 Å². The molecule has 0 unspecified atom stereocenters. The fourth-order valence-electron chi connectivity index (χ4n) is 1.73. The lowest BCUT2D eigenvalue weighted by molar-refractivity contribution is -0.135. The summed E-state index contributed by atoms with van der Waals surface area (Å²) >= 11 is 0. The highest BCUT2D eigenvalue weighted by Crippen LogP contribution is 2.30. The van der Waals surface area contributed by atoms with Gasteiger partial charge < -0.3 is 0 Å². The molecule has 0 radical (unpaired) electrons. The van der Waals surface area contributed by atoms with Gasteiger partial charge in [0.05, 0.1) is 5.70 Å². The topological polar surface area (TPSA) is 37.4 Å². The number of benzene rings is 1. The molecule has 1 aromatic rings. The van der Waals surface area contributed by atoms with E-state index in [1.807, 2.05) is 30.3 Å². The van der Waals surface area contributed by atoms with Gasteiger partial charge in [-0.25, -0.2) is 4.90 Å². The molecule has 0 aliphatic carbocycles. The van der Waals surface area contributed by atoms with Crippen molar-refractivity contribution < 1.29 is 9.59 Å². The molecule has 0 saturated carbocycles. The first-order valence-corrected chi connectivity index (χ1v) is 5.12. The zero-order valence-corrected chi connectivity index (χ0v) is 9.22. The summed E-state index contributed by atoms with van der Waals surface area (Å²) in [4.78, 5) is 24.2. The van der Waals surface area contributed by atoms with Gasteiger partial charge in [-0.05, 0) is 11.6 Å². The minimum atomic E-state index is -0.456. The molecule has 1 aliphatic heterocycles. The molecule has 0 fully saturated rings. The van der Waals surface area contributed by atoms with E-state index in [-0.39, 0.29) is 5.91 Å². The molecule has 0 aromatic heterocycles. The third-order valence-electron chi connectivity index (χ3n) is 2.55. The third kappa shape index (κ3) is 1.83. The van der Waals surface area contributed by atoms with E-state index in [9.17, 15) is 9.59 Å². The Morgan fingerprint density at radius 1 is 1.24 bits per heavy atom. The second-order valence-corrected chi connectivity index (χ2v) is 3.59. The van der Waals surface area contributed by atoms with Crippen molar-refractivity contribution in [3.05, 3.63) is 66.9 Å². The Morgan fingerprint density at radius 3 is 2.47 bits per heavy atom.